The van der Waals surface area contributed by atoms with Crippen LogP contribution in [0.5, 0.6) is 0 Å². The first-order valence-corrected chi connectivity index (χ1v) is 7.10. The van der Waals surface area contributed by atoms with E-state index in [9.17, 15) is 17.2 Å². The molecule has 8 heteroatoms. The number of para-hydroxylation sites is 1. The zero-order chi connectivity index (χ0) is 15.6. The van der Waals surface area contributed by atoms with Gasteiger partial charge in [-0.3, -0.25) is 4.72 Å². The zero-order valence-electron chi connectivity index (χ0n) is 10.5. The number of nitrogens with one attached hydrogen (secondary N) is 1. The van der Waals surface area contributed by atoms with Crippen LogP contribution in [0.25, 0.3) is 0 Å². The summed E-state index contributed by atoms with van der Waals surface area (Å²) in [5.41, 5.74) is 4.54. The highest BCUT2D eigenvalue weighted by Crippen LogP contribution is 2.25. The number of sulfonamides is 1. The van der Waals surface area contributed by atoms with E-state index in [2.05, 4.69) is 4.72 Å². The minimum absolute atomic E-state index is 0.123. The highest BCUT2D eigenvalue weighted by molar-refractivity contribution is 7.92. The van der Waals surface area contributed by atoms with E-state index in [0.717, 1.165) is 30.3 Å². The second-order valence-corrected chi connectivity index (χ2v) is 5.71. The van der Waals surface area contributed by atoms with Crippen molar-refractivity contribution in [1.82, 2.24) is 0 Å². The van der Waals surface area contributed by atoms with Crippen molar-refractivity contribution in [3.8, 4) is 6.07 Å². The predicted molar refractivity (Wildman–Crippen MR) is 72.7 cm³/mol. The largest absolute Gasteiger partial charge is 0.395 e. The Balaban J connectivity index is 2.48. The topological polar surface area (TPSA) is 96.0 Å². The maximum atomic E-state index is 13.3. The van der Waals surface area contributed by atoms with Crippen LogP contribution in [0.1, 0.15) is 5.56 Å². The molecule has 0 spiro atoms. The Kier molecular flexibility index (Phi) is 3.78. The number of nitrogens with zero attached hydrogens (tertiary/aromatic N) is 1. The molecule has 0 heterocycles. The van der Waals surface area contributed by atoms with Crippen molar-refractivity contribution in [3.63, 3.8) is 0 Å². The van der Waals surface area contributed by atoms with Crippen molar-refractivity contribution in [1.29, 1.82) is 5.26 Å². The van der Waals surface area contributed by atoms with Crippen LogP contribution in [-0.2, 0) is 10.0 Å². The molecule has 0 aliphatic heterocycles. The van der Waals surface area contributed by atoms with Gasteiger partial charge < -0.3 is 5.73 Å². The molecule has 21 heavy (non-hydrogen) atoms. The van der Waals surface area contributed by atoms with Gasteiger partial charge in [0.2, 0.25) is 0 Å². The summed E-state index contributed by atoms with van der Waals surface area (Å²) in [4.78, 5) is -0.462. The molecule has 2 aromatic rings. The van der Waals surface area contributed by atoms with E-state index in [-0.39, 0.29) is 11.3 Å². The van der Waals surface area contributed by atoms with Gasteiger partial charge in [0.25, 0.3) is 10.0 Å². The third-order valence-corrected chi connectivity index (χ3v) is 4.07. The molecule has 0 saturated heterocycles. The predicted octanol–water partition coefficient (Wildman–Crippen LogP) is 2.22. The lowest BCUT2D eigenvalue weighted by molar-refractivity contribution is 0.597. The van der Waals surface area contributed by atoms with Crippen molar-refractivity contribution in [2.24, 2.45) is 0 Å². The van der Waals surface area contributed by atoms with E-state index < -0.39 is 32.2 Å². The molecule has 0 fully saturated rings. The Bertz CT molecular complexity index is 845. The molecule has 5 nitrogen and oxygen atoms in total. The van der Waals surface area contributed by atoms with Crippen LogP contribution in [-0.4, -0.2) is 8.42 Å². The Labute approximate surface area is 119 Å². The van der Waals surface area contributed by atoms with Gasteiger partial charge in [-0.2, -0.15) is 5.26 Å². The molecule has 2 rings (SSSR count). The average Bonchev–Trinajstić information content (AvgIpc) is 2.43. The van der Waals surface area contributed by atoms with Gasteiger partial charge in [0, 0.05) is 0 Å². The molecule has 0 atom stereocenters. The summed E-state index contributed by atoms with van der Waals surface area (Å²) in [7, 11) is -4.20. The standard InChI is InChI=1S/C13H9F2N3O2S/c14-9-4-5-11(8(6-9)7-16)18-21(19,20)12-3-1-2-10(15)13(12)17/h1-6,18H,17H2. The average molecular weight is 309 g/mol. The number of nitrogen functional groups attached to an aromatic ring is 1. The van der Waals surface area contributed by atoms with E-state index in [1.807, 2.05) is 0 Å². The van der Waals surface area contributed by atoms with Gasteiger partial charge in [-0.25, -0.2) is 17.2 Å². The molecule has 0 saturated carbocycles. The van der Waals surface area contributed by atoms with Crippen LogP contribution >= 0.6 is 0 Å². The van der Waals surface area contributed by atoms with E-state index >= 15 is 0 Å². The highest BCUT2D eigenvalue weighted by Gasteiger charge is 2.21. The molecule has 0 radical (unpaired) electrons. The number of benzene rings is 2. The number of nitrogens with two attached hydrogens (primary N) is 1. The lowest BCUT2D eigenvalue weighted by Gasteiger charge is -2.11. The van der Waals surface area contributed by atoms with E-state index in [1.54, 1.807) is 6.07 Å². The maximum Gasteiger partial charge on any atom is 0.264 e. The third kappa shape index (κ3) is 2.93. The smallest absolute Gasteiger partial charge is 0.264 e. The van der Waals surface area contributed by atoms with Gasteiger partial charge >= 0.3 is 0 Å². The SMILES string of the molecule is N#Cc1cc(F)ccc1NS(=O)(=O)c1cccc(F)c1N. The quantitative estimate of drug-likeness (QED) is 0.850. The van der Waals surface area contributed by atoms with E-state index in [4.69, 9.17) is 11.0 Å². The summed E-state index contributed by atoms with van der Waals surface area (Å²) >= 11 is 0. The molecule has 0 aliphatic rings. The first-order valence-electron chi connectivity index (χ1n) is 5.61. The molecule has 0 amide bonds. The third-order valence-electron chi connectivity index (χ3n) is 2.65. The minimum atomic E-state index is -4.20. The molecule has 0 aromatic heterocycles. The van der Waals surface area contributed by atoms with Gasteiger partial charge in [-0.1, -0.05) is 6.07 Å². The number of halogens is 2. The second kappa shape index (κ2) is 5.38. The number of nitriles is 1. The van der Waals surface area contributed by atoms with Crippen LogP contribution in [0, 0.1) is 23.0 Å². The number of rotatable bonds is 3. The van der Waals surface area contributed by atoms with Crippen molar-refractivity contribution < 1.29 is 17.2 Å². The normalized spacial score (nSPS) is 10.9. The van der Waals surface area contributed by atoms with Crippen LogP contribution < -0.4 is 10.5 Å². The Morgan fingerprint density at radius 3 is 2.57 bits per heavy atom. The van der Waals surface area contributed by atoms with Crippen molar-refractivity contribution >= 4 is 21.4 Å². The van der Waals surface area contributed by atoms with Crippen LogP contribution in [0.2, 0.25) is 0 Å². The zero-order valence-corrected chi connectivity index (χ0v) is 11.3. The Morgan fingerprint density at radius 2 is 1.90 bits per heavy atom. The molecule has 108 valence electrons. The fourth-order valence-corrected chi connectivity index (χ4v) is 2.87. The summed E-state index contributed by atoms with van der Waals surface area (Å²) in [5.74, 6) is -1.56. The number of hydrogen-bond acceptors (Lipinski definition) is 4. The molecule has 0 bridgehead atoms. The molecular formula is C13H9F2N3O2S. The summed E-state index contributed by atoms with van der Waals surface area (Å²) < 4.78 is 52.8. The lowest BCUT2D eigenvalue weighted by Crippen LogP contribution is -2.16. The lowest BCUT2D eigenvalue weighted by atomic mass is 10.2. The summed E-state index contributed by atoms with van der Waals surface area (Å²) in [6.45, 7) is 0. The molecular weight excluding hydrogens is 300 g/mol. The molecule has 3 N–H and O–H groups in total. The Morgan fingerprint density at radius 1 is 1.19 bits per heavy atom. The van der Waals surface area contributed by atoms with E-state index in [1.165, 1.54) is 6.07 Å². The van der Waals surface area contributed by atoms with E-state index in [0.29, 0.717) is 0 Å². The summed E-state index contributed by atoms with van der Waals surface area (Å²) in [6, 6.07) is 7.97. The van der Waals surface area contributed by atoms with Gasteiger partial charge in [0.1, 0.15) is 22.6 Å². The second-order valence-electron chi connectivity index (χ2n) is 4.06. The van der Waals surface area contributed by atoms with Gasteiger partial charge in [-0.05, 0) is 30.3 Å². The summed E-state index contributed by atoms with van der Waals surface area (Å²) in [6.07, 6.45) is 0. The molecule has 0 unspecified atom stereocenters. The van der Waals surface area contributed by atoms with Crippen LogP contribution in [0.3, 0.4) is 0 Å². The summed E-state index contributed by atoms with van der Waals surface area (Å²) in [5, 5.41) is 8.87. The Hall–Kier alpha value is -2.66. The van der Waals surface area contributed by atoms with Gasteiger partial charge in [0.15, 0.2) is 0 Å². The monoisotopic (exact) mass is 309 g/mol. The van der Waals surface area contributed by atoms with Crippen LogP contribution in [0.15, 0.2) is 41.3 Å². The van der Waals surface area contributed by atoms with Gasteiger partial charge in [-0.15, -0.1) is 0 Å². The van der Waals surface area contributed by atoms with Crippen molar-refractivity contribution in [2.45, 2.75) is 4.90 Å². The number of anilines is 2. The first-order chi connectivity index (χ1) is 9.85. The fraction of sp³-hybridized carbons (Fsp3) is 0. The highest BCUT2D eigenvalue weighted by atomic mass is 32.2. The van der Waals surface area contributed by atoms with Crippen LogP contribution in [0.4, 0.5) is 20.2 Å². The number of hydrogen-bond donors (Lipinski definition) is 2. The van der Waals surface area contributed by atoms with Crippen molar-refractivity contribution in [2.75, 3.05) is 10.5 Å². The van der Waals surface area contributed by atoms with Crippen molar-refractivity contribution in [3.05, 3.63) is 53.6 Å². The fourth-order valence-electron chi connectivity index (χ4n) is 1.65. The van der Waals surface area contributed by atoms with Gasteiger partial charge in [0.05, 0.1) is 16.9 Å². The molecule has 2 aromatic carbocycles. The molecule has 0 aliphatic carbocycles. The maximum absolute atomic E-state index is 13.3. The minimum Gasteiger partial charge on any atom is -0.395 e. The first kappa shape index (κ1) is 14.7.